The molecule has 3 saturated heterocycles. The molecule has 222 valence electrons. The molecule has 3 aliphatic heterocycles. The molecule has 2 unspecified atom stereocenters. The molecular weight excluding hydrogens is 496 g/mol. The van der Waals surface area contributed by atoms with Crippen LogP contribution in [0.3, 0.4) is 0 Å². The summed E-state index contributed by atoms with van der Waals surface area (Å²) in [5.74, 6) is -2.14. The van der Waals surface area contributed by atoms with Gasteiger partial charge in [0.05, 0.1) is 18.1 Å². The molecule has 39 heavy (non-hydrogen) atoms. The summed E-state index contributed by atoms with van der Waals surface area (Å²) < 4.78 is 12.3. The van der Waals surface area contributed by atoms with E-state index in [1.165, 1.54) is 0 Å². The number of aliphatic hydroxyl groups excluding tert-OH is 1. The van der Waals surface area contributed by atoms with Gasteiger partial charge in [0, 0.05) is 25.2 Å². The average Bonchev–Trinajstić information content (AvgIpc) is 3.44. The number of likely N-dealkylation sites (tertiary alicyclic amines) is 1. The van der Waals surface area contributed by atoms with Crippen molar-refractivity contribution in [3.63, 3.8) is 0 Å². The first-order chi connectivity index (χ1) is 18.2. The van der Waals surface area contributed by atoms with E-state index in [0.29, 0.717) is 45.2 Å². The summed E-state index contributed by atoms with van der Waals surface area (Å²) in [6, 6.07) is -0.806. The van der Waals surface area contributed by atoms with Gasteiger partial charge in [0.1, 0.15) is 17.6 Å². The van der Waals surface area contributed by atoms with Gasteiger partial charge in [-0.3, -0.25) is 14.4 Å². The van der Waals surface area contributed by atoms with E-state index in [1.54, 1.807) is 17.9 Å². The zero-order valence-corrected chi connectivity index (χ0v) is 25.4. The molecule has 3 rings (SSSR count). The molecule has 0 aliphatic carbocycles. The highest BCUT2D eigenvalue weighted by Gasteiger charge is 2.79. The molecule has 3 fully saturated rings. The SMILES string of the molecule is C=CCN(C(=O)C1N(CCCCCCO)C(=O)[C@@H]2[C@H](C(=O)OCC)[C@]3(CC)CCC12O3)C(C)(C)CC(C)(C)C. The Hall–Kier alpha value is -1.93. The predicted molar refractivity (Wildman–Crippen MR) is 151 cm³/mol. The molecule has 5 atom stereocenters. The summed E-state index contributed by atoms with van der Waals surface area (Å²) in [5, 5.41) is 9.17. The minimum Gasteiger partial charge on any atom is -0.466 e. The van der Waals surface area contributed by atoms with E-state index >= 15 is 0 Å². The maximum atomic E-state index is 14.7. The lowest BCUT2D eigenvalue weighted by Crippen LogP contribution is -2.61. The molecule has 2 amide bonds. The zero-order chi connectivity index (χ0) is 29.2. The molecule has 0 radical (unpaired) electrons. The van der Waals surface area contributed by atoms with E-state index in [9.17, 15) is 19.5 Å². The Morgan fingerprint density at radius 2 is 1.82 bits per heavy atom. The van der Waals surface area contributed by atoms with Gasteiger partial charge < -0.3 is 24.4 Å². The van der Waals surface area contributed by atoms with Gasteiger partial charge in [-0.05, 0) is 64.7 Å². The van der Waals surface area contributed by atoms with Gasteiger partial charge in [0.15, 0.2) is 0 Å². The normalized spacial score (nSPS) is 30.0. The Labute approximate surface area is 235 Å². The highest BCUT2D eigenvalue weighted by Crippen LogP contribution is 2.64. The minimum absolute atomic E-state index is 0.0223. The number of amides is 2. The maximum absolute atomic E-state index is 14.7. The number of hydrogen-bond donors (Lipinski definition) is 1. The summed E-state index contributed by atoms with van der Waals surface area (Å²) in [6.45, 7) is 19.5. The lowest BCUT2D eigenvalue weighted by Gasteiger charge is -2.45. The molecule has 3 heterocycles. The number of aliphatic hydroxyl groups is 1. The van der Waals surface area contributed by atoms with Crippen LogP contribution in [0.5, 0.6) is 0 Å². The minimum atomic E-state index is -1.05. The maximum Gasteiger partial charge on any atom is 0.312 e. The number of esters is 1. The standard InChI is InChI=1S/C31H52N2O6/c1-9-18-33(29(7,8)21-28(4,5)6)26(36)24-31-17-16-30(10-2,39-31)23(27(37)38-11-3)22(31)25(35)32(24)19-14-12-13-15-20-34/h9,22-24,34H,1,10-21H2,2-8H3/t22-,23+,24?,30-,31?/m0/s1. The Balaban J connectivity index is 2.07. The van der Waals surface area contributed by atoms with Crippen molar-refractivity contribution in [2.75, 3.05) is 26.3 Å². The van der Waals surface area contributed by atoms with Crippen molar-refractivity contribution >= 4 is 17.8 Å². The Morgan fingerprint density at radius 3 is 2.38 bits per heavy atom. The van der Waals surface area contributed by atoms with Crippen LogP contribution in [0, 0.1) is 17.3 Å². The van der Waals surface area contributed by atoms with Crippen molar-refractivity contribution in [1.29, 1.82) is 0 Å². The van der Waals surface area contributed by atoms with Crippen LogP contribution in [-0.4, -0.2) is 81.8 Å². The molecule has 0 saturated carbocycles. The monoisotopic (exact) mass is 548 g/mol. The number of fused-ring (bicyclic) bond motifs is 1. The first-order valence-corrected chi connectivity index (χ1v) is 15.0. The van der Waals surface area contributed by atoms with Crippen LogP contribution in [0.4, 0.5) is 0 Å². The lowest BCUT2D eigenvalue weighted by molar-refractivity contribution is -0.162. The zero-order valence-electron chi connectivity index (χ0n) is 25.4. The second kappa shape index (κ2) is 11.9. The van der Waals surface area contributed by atoms with Gasteiger partial charge in [-0.2, -0.15) is 0 Å². The van der Waals surface area contributed by atoms with Crippen LogP contribution in [0.15, 0.2) is 12.7 Å². The van der Waals surface area contributed by atoms with Gasteiger partial charge in [-0.15, -0.1) is 6.58 Å². The molecule has 2 bridgehead atoms. The van der Waals surface area contributed by atoms with Gasteiger partial charge in [-0.1, -0.05) is 46.6 Å². The number of ether oxygens (including phenoxy) is 2. The molecule has 0 aromatic carbocycles. The third-order valence-electron chi connectivity index (χ3n) is 9.03. The molecule has 8 heteroatoms. The van der Waals surface area contributed by atoms with Crippen molar-refractivity contribution in [3.8, 4) is 0 Å². The topological polar surface area (TPSA) is 96.4 Å². The largest absolute Gasteiger partial charge is 0.466 e. The van der Waals surface area contributed by atoms with Crippen molar-refractivity contribution < 1.29 is 29.0 Å². The van der Waals surface area contributed by atoms with E-state index in [1.807, 2.05) is 11.8 Å². The van der Waals surface area contributed by atoms with Crippen molar-refractivity contribution in [1.82, 2.24) is 9.80 Å². The van der Waals surface area contributed by atoms with E-state index in [0.717, 1.165) is 19.3 Å². The molecule has 1 spiro atoms. The van der Waals surface area contributed by atoms with E-state index in [-0.39, 0.29) is 30.4 Å². The van der Waals surface area contributed by atoms with E-state index in [4.69, 9.17) is 9.47 Å². The fourth-order valence-corrected chi connectivity index (χ4v) is 7.88. The second-order valence-electron chi connectivity index (χ2n) is 13.5. The highest BCUT2D eigenvalue weighted by molar-refractivity contribution is 5.98. The molecule has 3 aliphatic rings. The quantitative estimate of drug-likeness (QED) is 0.195. The summed E-state index contributed by atoms with van der Waals surface area (Å²) >= 11 is 0. The second-order valence-corrected chi connectivity index (χ2v) is 13.5. The van der Waals surface area contributed by atoms with Gasteiger partial charge in [-0.25, -0.2) is 0 Å². The van der Waals surface area contributed by atoms with Crippen molar-refractivity contribution in [3.05, 3.63) is 12.7 Å². The molecule has 8 nitrogen and oxygen atoms in total. The summed E-state index contributed by atoms with van der Waals surface area (Å²) in [6.07, 6.45) is 7.40. The number of rotatable bonds is 14. The fraction of sp³-hybridized carbons (Fsp3) is 0.839. The molecule has 0 aromatic heterocycles. The molecular formula is C31H52N2O6. The Kier molecular flexibility index (Phi) is 9.64. The molecule has 0 aromatic rings. The van der Waals surface area contributed by atoms with Crippen LogP contribution >= 0.6 is 0 Å². The number of unbranched alkanes of at least 4 members (excludes halogenated alkanes) is 3. The third-order valence-corrected chi connectivity index (χ3v) is 9.03. The number of hydrogen-bond acceptors (Lipinski definition) is 6. The van der Waals surface area contributed by atoms with Crippen molar-refractivity contribution in [2.45, 2.75) is 123 Å². The lowest BCUT2D eigenvalue weighted by atomic mass is 9.65. The van der Waals surface area contributed by atoms with Crippen LogP contribution in [0.25, 0.3) is 0 Å². The fourth-order valence-electron chi connectivity index (χ4n) is 7.88. The average molecular weight is 549 g/mol. The molecule has 1 N–H and O–H groups in total. The number of carbonyl (C=O) groups excluding carboxylic acids is 3. The van der Waals surface area contributed by atoms with Gasteiger partial charge in [0.2, 0.25) is 11.8 Å². The van der Waals surface area contributed by atoms with Crippen LogP contribution in [0.1, 0.15) is 99.8 Å². The van der Waals surface area contributed by atoms with Gasteiger partial charge >= 0.3 is 5.97 Å². The van der Waals surface area contributed by atoms with Crippen LogP contribution in [-0.2, 0) is 23.9 Å². The van der Waals surface area contributed by atoms with Crippen molar-refractivity contribution in [2.24, 2.45) is 17.3 Å². The van der Waals surface area contributed by atoms with E-state index < -0.39 is 40.6 Å². The van der Waals surface area contributed by atoms with Crippen LogP contribution < -0.4 is 0 Å². The number of nitrogens with zero attached hydrogens (tertiary/aromatic N) is 2. The highest BCUT2D eigenvalue weighted by atomic mass is 16.6. The Bertz CT molecular complexity index is 927. The first-order valence-electron chi connectivity index (χ1n) is 15.0. The van der Waals surface area contributed by atoms with Gasteiger partial charge in [0.25, 0.3) is 0 Å². The third kappa shape index (κ3) is 5.79. The summed E-state index contributed by atoms with van der Waals surface area (Å²) in [4.78, 5) is 45.9. The summed E-state index contributed by atoms with van der Waals surface area (Å²) in [5.41, 5.74) is -2.36. The number of carbonyl (C=O) groups is 3. The smallest absolute Gasteiger partial charge is 0.312 e. The predicted octanol–water partition coefficient (Wildman–Crippen LogP) is 4.49. The first kappa shape index (κ1) is 31.6. The van der Waals surface area contributed by atoms with E-state index in [2.05, 4.69) is 41.2 Å². The Morgan fingerprint density at radius 1 is 1.15 bits per heavy atom. The van der Waals surface area contributed by atoms with Crippen LogP contribution in [0.2, 0.25) is 0 Å². The summed E-state index contributed by atoms with van der Waals surface area (Å²) in [7, 11) is 0.